The highest BCUT2D eigenvalue weighted by molar-refractivity contribution is 5.79. The number of rotatable bonds is 9. The molecular weight excluding hydrogens is 354 g/mol. The van der Waals surface area contributed by atoms with Crippen molar-refractivity contribution >= 4 is 5.91 Å². The molecule has 1 aromatic carbocycles. The number of nitrogens with one attached hydrogen (secondary N) is 1. The number of benzene rings is 1. The number of likely N-dealkylation sites (tertiary alicyclic amines) is 1. The summed E-state index contributed by atoms with van der Waals surface area (Å²) in [6.07, 6.45) is 2.98. The van der Waals surface area contributed by atoms with Gasteiger partial charge in [-0.05, 0) is 37.9 Å². The SMILES string of the molecule is COC[C@@H]1[C@H](C(=O)NCCCN2CCOCC2)CCCN1Cc1ccccc1. The Morgan fingerprint density at radius 3 is 2.75 bits per heavy atom. The molecule has 3 rings (SSSR count). The lowest BCUT2D eigenvalue weighted by molar-refractivity contribution is -0.130. The molecule has 2 aliphatic rings. The van der Waals surface area contributed by atoms with E-state index in [0.717, 1.165) is 71.7 Å². The minimum atomic E-state index is 0.000740. The van der Waals surface area contributed by atoms with Gasteiger partial charge in [-0.2, -0.15) is 0 Å². The van der Waals surface area contributed by atoms with Crippen LogP contribution in [0, 0.1) is 5.92 Å². The van der Waals surface area contributed by atoms with Crippen LogP contribution in [0.15, 0.2) is 30.3 Å². The standard InChI is InChI=1S/C22H35N3O3/c1-27-18-21-20(9-5-12-25(21)17-19-7-3-2-4-8-19)22(26)23-10-6-11-24-13-15-28-16-14-24/h2-4,7-8,20-21H,5-6,9-18H2,1H3,(H,23,26)/t20-,21-/m1/s1. The molecule has 6 heteroatoms. The minimum absolute atomic E-state index is 0.000740. The molecule has 2 atom stereocenters. The van der Waals surface area contributed by atoms with Gasteiger partial charge < -0.3 is 14.8 Å². The third-order valence-corrected chi connectivity index (χ3v) is 5.85. The van der Waals surface area contributed by atoms with Crippen LogP contribution in [0.4, 0.5) is 0 Å². The topological polar surface area (TPSA) is 54.0 Å². The molecule has 1 N–H and O–H groups in total. The fraction of sp³-hybridized carbons (Fsp3) is 0.682. The molecule has 2 aliphatic heterocycles. The first-order chi connectivity index (χ1) is 13.8. The van der Waals surface area contributed by atoms with Crippen molar-refractivity contribution in [2.24, 2.45) is 5.92 Å². The number of hydrogen-bond acceptors (Lipinski definition) is 5. The van der Waals surface area contributed by atoms with Gasteiger partial charge in [0.05, 0.1) is 25.7 Å². The molecule has 0 bridgehead atoms. The van der Waals surface area contributed by atoms with E-state index in [0.29, 0.717) is 6.61 Å². The fourth-order valence-corrected chi connectivity index (χ4v) is 4.31. The summed E-state index contributed by atoms with van der Waals surface area (Å²) in [5, 5.41) is 3.19. The summed E-state index contributed by atoms with van der Waals surface area (Å²) < 4.78 is 10.9. The van der Waals surface area contributed by atoms with Gasteiger partial charge in [0.15, 0.2) is 0 Å². The van der Waals surface area contributed by atoms with E-state index in [4.69, 9.17) is 9.47 Å². The zero-order valence-electron chi connectivity index (χ0n) is 17.1. The van der Waals surface area contributed by atoms with E-state index in [1.54, 1.807) is 7.11 Å². The molecule has 0 spiro atoms. The van der Waals surface area contributed by atoms with Crippen molar-refractivity contribution < 1.29 is 14.3 Å². The molecule has 0 aliphatic carbocycles. The second kappa shape index (κ2) is 11.5. The fourth-order valence-electron chi connectivity index (χ4n) is 4.31. The molecule has 2 fully saturated rings. The average Bonchev–Trinajstić information content (AvgIpc) is 2.74. The normalized spacial score (nSPS) is 24.2. The lowest BCUT2D eigenvalue weighted by atomic mass is 9.88. The Morgan fingerprint density at radius 2 is 2.00 bits per heavy atom. The Bertz CT molecular complexity index is 578. The number of amides is 1. The molecule has 2 saturated heterocycles. The average molecular weight is 390 g/mol. The van der Waals surface area contributed by atoms with Crippen molar-refractivity contribution in [3.05, 3.63) is 35.9 Å². The van der Waals surface area contributed by atoms with Crippen LogP contribution in [0.5, 0.6) is 0 Å². The highest BCUT2D eigenvalue weighted by Gasteiger charge is 2.35. The number of carbonyl (C=O) groups is 1. The Morgan fingerprint density at radius 1 is 1.21 bits per heavy atom. The van der Waals surface area contributed by atoms with Crippen LogP contribution in [0.2, 0.25) is 0 Å². The van der Waals surface area contributed by atoms with E-state index >= 15 is 0 Å². The molecule has 0 unspecified atom stereocenters. The van der Waals surface area contributed by atoms with E-state index in [1.807, 2.05) is 6.07 Å². The summed E-state index contributed by atoms with van der Waals surface area (Å²) in [6, 6.07) is 10.6. The lowest BCUT2D eigenvalue weighted by Gasteiger charge is -2.40. The number of carbonyl (C=O) groups excluding carboxylic acids is 1. The van der Waals surface area contributed by atoms with Gasteiger partial charge in [0, 0.05) is 39.3 Å². The summed E-state index contributed by atoms with van der Waals surface area (Å²) in [7, 11) is 1.73. The maximum Gasteiger partial charge on any atom is 0.224 e. The molecule has 6 nitrogen and oxygen atoms in total. The van der Waals surface area contributed by atoms with Gasteiger partial charge in [-0.15, -0.1) is 0 Å². The highest BCUT2D eigenvalue weighted by atomic mass is 16.5. The van der Waals surface area contributed by atoms with Crippen molar-refractivity contribution in [2.75, 3.05) is 59.7 Å². The second-order valence-corrected chi connectivity index (χ2v) is 7.83. The van der Waals surface area contributed by atoms with Crippen molar-refractivity contribution in [2.45, 2.75) is 31.8 Å². The van der Waals surface area contributed by atoms with Crippen LogP contribution in [0.3, 0.4) is 0 Å². The Hall–Kier alpha value is -1.47. The Labute approximate surface area is 169 Å². The Balaban J connectivity index is 1.49. The molecule has 156 valence electrons. The molecular formula is C22H35N3O3. The zero-order chi connectivity index (χ0) is 19.6. The van der Waals surface area contributed by atoms with Crippen LogP contribution < -0.4 is 5.32 Å². The number of piperidine rings is 1. The quantitative estimate of drug-likeness (QED) is 0.652. The van der Waals surface area contributed by atoms with Gasteiger partial charge in [-0.1, -0.05) is 30.3 Å². The zero-order valence-corrected chi connectivity index (χ0v) is 17.1. The summed E-state index contributed by atoms with van der Waals surface area (Å²) in [5.74, 6) is 0.183. The molecule has 0 saturated carbocycles. The van der Waals surface area contributed by atoms with Crippen LogP contribution in [-0.2, 0) is 20.8 Å². The molecule has 28 heavy (non-hydrogen) atoms. The molecule has 0 radical (unpaired) electrons. The van der Waals surface area contributed by atoms with E-state index < -0.39 is 0 Å². The van der Waals surface area contributed by atoms with Gasteiger partial charge in [0.25, 0.3) is 0 Å². The molecule has 1 amide bonds. The first-order valence-corrected chi connectivity index (χ1v) is 10.6. The maximum absolute atomic E-state index is 12.9. The number of methoxy groups -OCH3 is 1. The van der Waals surface area contributed by atoms with Crippen LogP contribution >= 0.6 is 0 Å². The summed E-state index contributed by atoms with van der Waals surface area (Å²) in [4.78, 5) is 17.7. The number of ether oxygens (including phenoxy) is 2. The van der Waals surface area contributed by atoms with Crippen LogP contribution in [0.25, 0.3) is 0 Å². The summed E-state index contributed by atoms with van der Waals surface area (Å²) in [6.45, 7) is 7.90. The van der Waals surface area contributed by atoms with Gasteiger partial charge >= 0.3 is 0 Å². The van der Waals surface area contributed by atoms with Crippen molar-refractivity contribution in [1.29, 1.82) is 0 Å². The third kappa shape index (κ3) is 6.27. The number of nitrogens with zero attached hydrogens (tertiary/aromatic N) is 2. The minimum Gasteiger partial charge on any atom is -0.383 e. The van der Waals surface area contributed by atoms with Gasteiger partial charge in [-0.25, -0.2) is 0 Å². The monoisotopic (exact) mass is 389 g/mol. The lowest BCUT2D eigenvalue weighted by Crippen LogP contribution is -2.52. The molecule has 2 heterocycles. The second-order valence-electron chi connectivity index (χ2n) is 7.83. The summed E-state index contributed by atoms with van der Waals surface area (Å²) >= 11 is 0. The Kier molecular flexibility index (Phi) is 8.73. The van der Waals surface area contributed by atoms with Crippen molar-refractivity contribution in [3.8, 4) is 0 Å². The van der Waals surface area contributed by atoms with Gasteiger partial charge in [0.1, 0.15) is 0 Å². The van der Waals surface area contributed by atoms with Crippen molar-refractivity contribution in [1.82, 2.24) is 15.1 Å². The van der Waals surface area contributed by atoms with Crippen LogP contribution in [0.1, 0.15) is 24.8 Å². The predicted molar refractivity (Wildman–Crippen MR) is 110 cm³/mol. The van der Waals surface area contributed by atoms with Gasteiger partial charge in [-0.3, -0.25) is 14.6 Å². The number of morpholine rings is 1. The first-order valence-electron chi connectivity index (χ1n) is 10.6. The van der Waals surface area contributed by atoms with E-state index in [9.17, 15) is 4.79 Å². The molecule has 1 aromatic rings. The maximum atomic E-state index is 12.9. The van der Waals surface area contributed by atoms with Crippen molar-refractivity contribution in [3.63, 3.8) is 0 Å². The summed E-state index contributed by atoms with van der Waals surface area (Å²) in [5.41, 5.74) is 1.29. The number of hydrogen-bond donors (Lipinski definition) is 1. The largest absolute Gasteiger partial charge is 0.383 e. The van der Waals surface area contributed by atoms with E-state index in [1.165, 1.54) is 5.56 Å². The van der Waals surface area contributed by atoms with Gasteiger partial charge in [0.2, 0.25) is 5.91 Å². The molecule has 0 aromatic heterocycles. The predicted octanol–water partition coefficient (Wildman–Crippen LogP) is 1.75. The van der Waals surface area contributed by atoms with Crippen LogP contribution in [-0.4, -0.2) is 81.4 Å². The third-order valence-electron chi connectivity index (χ3n) is 5.85. The highest BCUT2D eigenvalue weighted by Crippen LogP contribution is 2.26. The first kappa shape index (κ1) is 21.2. The van der Waals surface area contributed by atoms with E-state index in [-0.39, 0.29) is 17.9 Å². The van der Waals surface area contributed by atoms with E-state index in [2.05, 4.69) is 39.4 Å². The smallest absolute Gasteiger partial charge is 0.224 e.